The predicted molar refractivity (Wildman–Crippen MR) is 79.0 cm³/mol. The van der Waals surface area contributed by atoms with Crippen LogP contribution in [0.5, 0.6) is 0 Å². The normalized spacial score (nSPS) is 25.6. The van der Waals surface area contributed by atoms with Crippen molar-refractivity contribution in [1.82, 2.24) is 4.90 Å². The second kappa shape index (κ2) is 7.16. The molecule has 0 radical (unpaired) electrons. The molecule has 1 fully saturated rings. The fourth-order valence-electron chi connectivity index (χ4n) is 3.27. The Labute approximate surface area is 120 Å². The van der Waals surface area contributed by atoms with E-state index in [4.69, 9.17) is 10.5 Å². The lowest BCUT2D eigenvalue weighted by atomic mass is 9.93. The first kappa shape index (κ1) is 15.4. The van der Waals surface area contributed by atoms with E-state index in [2.05, 4.69) is 11.8 Å². The van der Waals surface area contributed by atoms with Gasteiger partial charge in [-0.15, -0.1) is 0 Å². The van der Waals surface area contributed by atoms with Crippen molar-refractivity contribution < 1.29 is 9.13 Å². The van der Waals surface area contributed by atoms with Crippen LogP contribution in [0, 0.1) is 5.82 Å². The number of ether oxygens (including phenoxy) is 1. The Morgan fingerprint density at radius 2 is 2.20 bits per heavy atom. The summed E-state index contributed by atoms with van der Waals surface area (Å²) in [5.41, 5.74) is 6.71. The quantitative estimate of drug-likeness (QED) is 0.901. The first-order chi connectivity index (χ1) is 9.71. The molecule has 1 aromatic carbocycles. The lowest BCUT2D eigenvalue weighted by Gasteiger charge is -2.43. The van der Waals surface area contributed by atoms with Crippen LogP contribution in [0.4, 0.5) is 4.39 Å². The van der Waals surface area contributed by atoms with Crippen LogP contribution in [0.25, 0.3) is 0 Å². The van der Waals surface area contributed by atoms with Crippen LogP contribution >= 0.6 is 0 Å². The minimum Gasteiger partial charge on any atom is -0.381 e. The van der Waals surface area contributed by atoms with Gasteiger partial charge in [0.15, 0.2) is 0 Å². The van der Waals surface area contributed by atoms with Crippen LogP contribution in [0.15, 0.2) is 24.3 Å². The summed E-state index contributed by atoms with van der Waals surface area (Å²) in [6, 6.07) is 7.43. The third-order valence-corrected chi connectivity index (χ3v) is 4.37. The molecule has 1 heterocycles. The molecule has 3 atom stereocenters. The van der Waals surface area contributed by atoms with E-state index >= 15 is 0 Å². The van der Waals surface area contributed by atoms with Crippen LogP contribution in [-0.2, 0) is 4.74 Å². The summed E-state index contributed by atoms with van der Waals surface area (Å²) >= 11 is 0. The molecule has 1 saturated heterocycles. The predicted octanol–water partition coefficient (Wildman–Crippen LogP) is 2.71. The number of halogens is 1. The molecule has 0 bridgehead atoms. The Morgan fingerprint density at radius 1 is 1.45 bits per heavy atom. The van der Waals surface area contributed by atoms with Crippen molar-refractivity contribution >= 4 is 0 Å². The van der Waals surface area contributed by atoms with Gasteiger partial charge in [0, 0.05) is 37.8 Å². The van der Waals surface area contributed by atoms with Crippen molar-refractivity contribution in [2.45, 2.75) is 44.4 Å². The first-order valence-corrected chi connectivity index (χ1v) is 7.44. The maximum Gasteiger partial charge on any atom is 0.127 e. The van der Waals surface area contributed by atoms with Crippen molar-refractivity contribution in [2.24, 2.45) is 5.73 Å². The topological polar surface area (TPSA) is 38.5 Å². The lowest BCUT2D eigenvalue weighted by molar-refractivity contribution is -0.00611. The van der Waals surface area contributed by atoms with E-state index in [0.717, 1.165) is 31.4 Å². The van der Waals surface area contributed by atoms with Gasteiger partial charge in [-0.2, -0.15) is 0 Å². The van der Waals surface area contributed by atoms with Gasteiger partial charge < -0.3 is 10.5 Å². The molecule has 4 heteroatoms. The second-order valence-electron chi connectivity index (χ2n) is 5.45. The van der Waals surface area contributed by atoms with Crippen LogP contribution < -0.4 is 5.73 Å². The number of benzene rings is 1. The van der Waals surface area contributed by atoms with Crippen molar-refractivity contribution in [3.05, 3.63) is 35.6 Å². The van der Waals surface area contributed by atoms with Crippen molar-refractivity contribution in [3.63, 3.8) is 0 Å². The summed E-state index contributed by atoms with van der Waals surface area (Å²) < 4.78 is 19.5. The highest BCUT2D eigenvalue weighted by molar-refractivity contribution is 5.21. The minimum absolute atomic E-state index is 0.0996. The number of hydrogen-bond donors (Lipinski definition) is 1. The van der Waals surface area contributed by atoms with Crippen molar-refractivity contribution in [2.75, 3.05) is 20.2 Å². The molecule has 1 aliphatic rings. The van der Waals surface area contributed by atoms with Gasteiger partial charge in [0.2, 0.25) is 0 Å². The maximum atomic E-state index is 14.1. The molecule has 1 aliphatic heterocycles. The van der Waals surface area contributed by atoms with Crippen LogP contribution in [0.2, 0.25) is 0 Å². The number of rotatable bonds is 5. The zero-order chi connectivity index (χ0) is 14.5. The van der Waals surface area contributed by atoms with Gasteiger partial charge in [0.25, 0.3) is 0 Å². The van der Waals surface area contributed by atoms with Crippen molar-refractivity contribution in [1.29, 1.82) is 0 Å². The average Bonchev–Trinajstić information content (AvgIpc) is 2.50. The number of methoxy groups -OCH3 is 1. The molecule has 0 aromatic heterocycles. The van der Waals surface area contributed by atoms with Gasteiger partial charge in [0.1, 0.15) is 5.82 Å². The molecule has 112 valence electrons. The van der Waals surface area contributed by atoms with E-state index in [1.807, 2.05) is 12.1 Å². The maximum absolute atomic E-state index is 14.1. The summed E-state index contributed by atoms with van der Waals surface area (Å²) in [6.07, 6.45) is 3.07. The Hall–Kier alpha value is -0.970. The standard InChI is InChI=1S/C16H25FN2O/c1-3-16(14-6-4-5-7-15(14)17)19-9-8-13(20-2)10-12(19)11-18/h4-7,12-13,16H,3,8-11,18H2,1-2H3. The summed E-state index contributed by atoms with van der Waals surface area (Å²) in [6.45, 7) is 3.60. The molecule has 0 saturated carbocycles. The Bertz CT molecular complexity index is 427. The summed E-state index contributed by atoms with van der Waals surface area (Å²) in [7, 11) is 1.75. The zero-order valence-electron chi connectivity index (χ0n) is 12.4. The molecular weight excluding hydrogens is 255 g/mol. The van der Waals surface area contributed by atoms with Gasteiger partial charge in [-0.25, -0.2) is 4.39 Å². The molecule has 0 amide bonds. The van der Waals surface area contributed by atoms with Crippen LogP contribution in [0.3, 0.4) is 0 Å². The van der Waals surface area contributed by atoms with E-state index in [-0.39, 0.29) is 24.0 Å². The summed E-state index contributed by atoms with van der Waals surface area (Å²) in [5.74, 6) is -0.121. The molecule has 0 spiro atoms. The molecule has 1 aromatic rings. The molecule has 3 nitrogen and oxygen atoms in total. The summed E-state index contributed by atoms with van der Waals surface area (Å²) in [4.78, 5) is 2.36. The van der Waals surface area contributed by atoms with E-state index < -0.39 is 0 Å². The van der Waals surface area contributed by atoms with Gasteiger partial charge in [-0.05, 0) is 25.3 Å². The Morgan fingerprint density at radius 3 is 2.80 bits per heavy atom. The third-order valence-electron chi connectivity index (χ3n) is 4.37. The number of nitrogens with two attached hydrogens (primary N) is 1. The number of nitrogens with zero attached hydrogens (tertiary/aromatic N) is 1. The smallest absolute Gasteiger partial charge is 0.127 e. The van der Waals surface area contributed by atoms with E-state index in [9.17, 15) is 4.39 Å². The zero-order valence-corrected chi connectivity index (χ0v) is 12.4. The molecule has 2 rings (SSSR count). The van der Waals surface area contributed by atoms with E-state index in [0.29, 0.717) is 6.54 Å². The van der Waals surface area contributed by atoms with E-state index in [1.165, 1.54) is 6.07 Å². The Balaban J connectivity index is 2.20. The second-order valence-corrected chi connectivity index (χ2v) is 5.45. The van der Waals surface area contributed by atoms with Gasteiger partial charge >= 0.3 is 0 Å². The highest BCUT2D eigenvalue weighted by atomic mass is 19.1. The van der Waals surface area contributed by atoms with Crippen LogP contribution in [-0.4, -0.2) is 37.2 Å². The molecule has 20 heavy (non-hydrogen) atoms. The van der Waals surface area contributed by atoms with Crippen LogP contribution in [0.1, 0.15) is 37.8 Å². The minimum atomic E-state index is -0.121. The number of piperidine rings is 1. The SMILES string of the molecule is CCC(c1ccccc1F)N1CCC(OC)CC1CN. The monoisotopic (exact) mass is 280 g/mol. The number of hydrogen-bond acceptors (Lipinski definition) is 3. The highest BCUT2D eigenvalue weighted by Gasteiger charge is 2.33. The fraction of sp³-hybridized carbons (Fsp3) is 0.625. The highest BCUT2D eigenvalue weighted by Crippen LogP contribution is 2.32. The molecule has 0 aliphatic carbocycles. The van der Waals surface area contributed by atoms with Gasteiger partial charge in [-0.3, -0.25) is 4.90 Å². The third kappa shape index (κ3) is 3.19. The van der Waals surface area contributed by atoms with Gasteiger partial charge in [0.05, 0.1) is 6.10 Å². The molecule has 2 N–H and O–H groups in total. The van der Waals surface area contributed by atoms with E-state index in [1.54, 1.807) is 13.2 Å². The fourth-order valence-corrected chi connectivity index (χ4v) is 3.27. The average molecular weight is 280 g/mol. The summed E-state index contributed by atoms with van der Waals surface area (Å²) in [5, 5.41) is 0. The molecule has 3 unspecified atom stereocenters. The largest absolute Gasteiger partial charge is 0.381 e. The number of likely N-dealkylation sites (tertiary alicyclic amines) is 1. The first-order valence-electron chi connectivity index (χ1n) is 7.44. The van der Waals surface area contributed by atoms with Gasteiger partial charge in [-0.1, -0.05) is 25.1 Å². The Kier molecular flexibility index (Phi) is 5.52. The molecular formula is C16H25FN2O. The lowest BCUT2D eigenvalue weighted by Crippen LogP contribution is -2.50. The van der Waals surface area contributed by atoms with Crippen molar-refractivity contribution in [3.8, 4) is 0 Å².